The van der Waals surface area contributed by atoms with Gasteiger partial charge in [-0.25, -0.2) is 0 Å². The first kappa shape index (κ1) is 12.1. The lowest BCUT2D eigenvalue weighted by Crippen LogP contribution is -2.30. The smallest absolute Gasteiger partial charge is 0.0359 e. The third-order valence-electron chi connectivity index (χ3n) is 3.04. The van der Waals surface area contributed by atoms with Gasteiger partial charge < -0.3 is 5.73 Å². The van der Waals surface area contributed by atoms with E-state index in [-0.39, 0.29) is 0 Å². The van der Waals surface area contributed by atoms with Gasteiger partial charge >= 0.3 is 0 Å². The van der Waals surface area contributed by atoms with Gasteiger partial charge in [0.05, 0.1) is 0 Å². The average molecular weight is 206 g/mol. The quantitative estimate of drug-likeness (QED) is 0.751. The van der Waals surface area contributed by atoms with Gasteiger partial charge in [0.25, 0.3) is 0 Å². The highest BCUT2D eigenvalue weighted by molar-refractivity contribution is 5.46. The molecule has 0 saturated heterocycles. The van der Waals surface area contributed by atoms with Crippen LogP contribution < -0.4 is 5.73 Å². The molecule has 1 aromatic carbocycles. The minimum absolute atomic E-state index is 0.657. The molecule has 0 unspecified atom stereocenters. The van der Waals surface area contributed by atoms with Crippen LogP contribution >= 0.6 is 0 Å². The van der Waals surface area contributed by atoms with Crippen LogP contribution in [0.5, 0.6) is 0 Å². The topological polar surface area (TPSA) is 29.3 Å². The molecule has 0 amide bonds. The van der Waals surface area contributed by atoms with Crippen LogP contribution in [0, 0.1) is 0 Å². The Bertz CT molecular complexity index is 292. The highest BCUT2D eigenvalue weighted by atomic mass is 15.1. The number of nitrogens with two attached hydrogens (primary N) is 1. The van der Waals surface area contributed by atoms with Crippen molar-refractivity contribution in [3.05, 3.63) is 29.8 Å². The second kappa shape index (κ2) is 5.76. The Morgan fingerprint density at radius 3 is 2.33 bits per heavy atom. The van der Waals surface area contributed by atoms with E-state index in [2.05, 4.69) is 31.9 Å². The average Bonchev–Trinajstić information content (AvgIpc) is 2.23. The second-order valence-electron chi connectivity index (χ2n) is 4.08. The van der Waals surface area contributed by atoms with Crippen molar-refractivity contribution in [3.8, 4) is 0 Å². The number of benzene rings is 1. The van der Waals surface area contributed by atoms with Crippen molar-refractivity contribution in [1.29, 1.82) is 0 Å². The molecule has 0 radical (unpaired) electrons. The van der Waals surface area contributed by atoms with Gasteiger partial charge in [0, 0.05) is 18.3 Å². The Labute approximate surface area is 93.1 Å². The maximum atomic E-state index is 5.93. The molecule has 15 heavy (non-hydrogen) atoms. The summed E-state index contributed by atoms with van der Waals surface area (Å²) in [7, 11) is 2.17. The van der Waals surface area contributed by atoms with Crippen LogP contribution in [0.1, 0.15) is 32.3 Å². The zero-order valence-corrected chi connectivity index (χ0v) is 10.0. The first-order valence-electron chi connectivity index (χ1n) is 5.72. The molecule has 2 heteroatoms. The zero-order chi connectivity index (χ0) is 11.3. The van der Waals surface area contributed by atoms with Gasteiger partial charge in [0.2, 0.25) is 0 Å². The van der Waals surface area contributed by atoms with Crippen LogP contribution in [0.4, 0.5) is 5.69 Å². The molecule has 0 heterocycles. The number of rotatable bonds is 5. The van der Waals surface area contributed by atoms with Crippen molar-refractivity contribution in [2.75, 3.05) is 12.8 Å². The first-order chi connectivity index (χ1) is 7.19. The maximum absolute atomic E-state index is 5.93. The predicted octanol–water partition coefficient (Wildman–Crippen LogP) is 2.89. The molecule has 0 fully saturated rings. The Kier molecular flexibility index (Phi) is 4.63. The van der Waals surface area contributed by atoms with Crippen molar-refractivity contribution >= 4 is 5.69 Å². The fourth-order valence-corrected chi connectivity index (χ4v) is 1.99. The zero-order valence-electron chi connectivity index (χ0n) is 10.0. The molecule has 84 valence electrons. The lowest BCUT2D eigenvalue weighted by atomic mass is 10.1. The number of nitrogen functional groups attached to an aromatic ring is 1. The van der Waals surface area contributed by atoms with Gasteiger partial charge in [0.15, 0.2) is 0 Å². The summed E-state index contributed by atoms with van der Waals surface area (Å²) < 4.78 is 0. The molecule has 0 aromatic heterocycles. The third-order valence-corrected chi connectivity index (χ3v) is 3.04. The molecule has 1 aromatic rings. The number of nitrogens with zero attached hydrogens (tertiary/aromatic N) is 1. The van der Waals surface area contributed by atoms with Crippen LogP contribution in [0.15, 0.2) is 24.3 Å². The van der Waals surface area contributed by atoms with Crippen molar-refractivity contribution < 1.29 is 0 Å². The van der Waals surface area contributed by atoms with Gasteiger partial charge in [-0.2, -0.15) is 0 Å². The maximum Gasteiger partial charge on any atom is 0.0359 e. The molecule has 0 aliphatic rings. The van der Waals surface area contributed by atoms with Gasteiger partial charge in [-0.15, -0.1) is 0 Å². The number of hydrogen-bond donors (Lipinski definition) is 1. The fourth-order valence-electron chi connectivity index (χ4n) is 1.99. The van der Waals surface area contributed by atoms with Crippen molar-refractivity contribution in [2.45, 2.75) is 39.3 Å². The highest BCUT2D eigenvalue weighted by Gasteiger charge is 2.11. The van der Waals surface area contributed by atoms with E-state index in [0.717, 1.165) is 12.2 Å². The summed E-state index contributed by atoms with van der Waals surface area (Å²) in [6, 6.07) is 8.76. The van der Waals surface area contributed by atoms with Crippen LogP contribution in [0.3, 0.4) is 0 Å². The number of anilines is 1. The van der Waals surface area contributed by atoms with E-state index in [0.29, 0.717) is 6.04 Å². The summed E-state index contributed by atoms with van der Waals surface area (Å²) in [5, 5.41) is 0. The summed E-state index contributed by atoms with van der Waals surface area (Å²) in [6.07, 6.45) is 2.39. The summed E-state index contributed by atoms with van der Waals surface area (Å²) in [6.45, 7) is 5.41. The standard InChI is InChI=1S/C13H22N2/c1-4-12(5-2)15(3)10-11-8-6-7-9-13(11)14/h6-9,12H,4-5,10,14H2,1-3H3. The molecule has 0 aliphatic carbocycles. The lowest BCUT2D eigenvalue weighted by molar-refractivity contribution is 0.222. The molecule has 1 rings (SSSR count). The van der Waals surface area contributed by atoms with Crippen LogP contribution in [0.2, 0.25) is 0 Å². The molecule has 0 atom stereocenters. The molecule has 0 saturated carbocycles. The minimum Gasteiger partial charge on any atom is -0.398 e. The van der Waals surface area contributed by atoms with Crippen LogP contribution in [0.25, 0.3) is 0 Å². The van der Waals surface area contributed by atoms with E-state index in [4.69, 9.17) is 5.73 Å². The summed E-state index contributed by atoms with van der Waals surface area (Å²) in [5.41, 5.74) is 8.05. The SMILES string of the molecule is CCC(CC)N(C)Cc1ccccc1N. The largest absolute Gasteiger partial charge is 0.398 e. The molecule has 0 aliphatic heterocycles. The van der Waals surface area contributed by atoms with E-state index in [1.54, 1.807) is 0 Å². The van der Waals surface area contributed by atoms with E-state index >= 15 is 0 Å². The third kappa shape index (κ3) is 3.24. The van der Waals surface area contributed by atoms with Gasteiger partial charge in [0.1, 0.15) is 0 Å². The summed E-state index contributed by atoms with van der Waals surface area (Å²) in [4.78, 5) is 2.38. The Hall–Kier alpha value is -1.02. The van der Waals surface area contributed by atoms with E-state index in [1.165, 1.54) is 18.4 Å². The first-order valence-corrected chi connectivity index (χ1v) is 5.72. The highest BCUT2D eigenvalue weighted by Crippen LogP contribution is 2.16. The molecular weight excluding hydrogens is 184 g/mol. The summed E-state index contributed by atoms with van der Waals surface area (Å²) in [5.74, 6) is 0. The van der Waals surface area contributed by atoms with Crippen LogP contribution in [-0.2, 0) is 6.54 Å². The normalized spacial score (nSPS) is 11.3. The number of hydrogen-bond acceptors (Lipinski definition) is 2. The Morgan fingerprint density at radius 1 is 1.20 bits per heavy atom. The molecule has 2 N–H and O–H groups in total. The number of para-hydroxylation sites is 1. The molecule has 0 spiro atoms. The Balaban J connectivity index is 2.65. The monoisotopic (exact) mass is 206 g/mol. The van der Waals surface area contributed by atoms with Gasteiger partial charge in [-0.05, 0) is 31.5 Å². The van der Waals surface area contributed by atoms with Crippen molar-refractivity contribution in [2.24, 2.45) is 0 Å². The fraction of sp³-hybridized carbons (Fsp3) is 0.538. The predicted molar refractivity (Wildman–Crippen MR) is 66.7 cm³/mol. The Morgan fingerprint density at radius 2 is 1.80 bits per heavy atom. The van der Waals surface area contributed by atoms with Gasteiger partial charge in [-0.3, -0.25) is 4.90 Å². The van der Waals surface area contributed by atoms with E-state index in [1.807, 2.05) is 18.2 Å². The second-order valence-corrected chi connectivity index (χ2v) is 4.08. The van der Waals surface area contributed by atoms with Crippen molar-refractivity contribution in [1.82, 2.24) is 4.90 Å². The lowest BCUT2D eigenvalue weighted by Gasteiger charge is -2.26. The minimum atomic E-state index is 0.657. The molecular formula is C13H22N2. The molecule has 0 bridgehead atoms. The van der Waals surface area contributed by atoms with Crippen molar-refractivity contribution in [3.63, 3.8) is 0 Å². The molecule has 2 nitrogen and oxygen atoms in total. The van der Waals surface area contributed by atoms with E-state index < -0.39 is 0 Å². The van der Waals surface area contributed by atoms with Gasteiger partial charge in [-0.1, -0.05) is 32.0 Å². The van der Waals surface area contributed by atoms with E-state index in [9.17, 15) is 0 Å². The summed E-state index contributed by atoms with van der Waals surface area (Å²) >= 11 is 0. The van der Waals surface area contributed by atoms with Crippen LogP contribution in [-0.4, -0.2) is 18.0 Å².